The Kier molecular flexibility index (Phi) is 4.72. The molecule has 2 unspecified atom stereocenters. The predicted octanol–water partition coefficient (Wildman–Crippen LogP) is 0.304. The van der Waals surface area contributed by atoms with Gasteiger partial charge in [-0.15, -0.1) is 0 Å². The summed E-state index contributed by atoms with van der Waals surface area (Å²) in [6.07, 6.45) is 3.21. The Morgan fingerprint density at radius 3 is 2.42 bits per heavy atom. The number of carbonyl (C=O) groups is 1. The first kappa shape index (κ1) is 17.8. The molecule has 0 bridgehead atoms. The third kappa shape index (κ3) is 3.36. The Balaban J connectivity index is 1.36. The molecule has 0 aromatic heterocycles. The quantitative estimate of drug-likeness (QED) is 0.783. The van der Waals surface area contributed by atoms with Gasteiger partial charge in [-0.3, -0.25) is 10.2 Å². The van der Waals surface area contributed by atoms with Crippen LogP contribution in [0.3, 0.4) is 0 Å². The fraction of sp³-hybridized carbons (Fsp3) is 0.588. The average molecular weight is 382 g/mol. The van der Waals surface area contributed by atoms with Gasteiger partial charge in [0.25, 0.3) is 0 Å². The first-order chi connectivity index (χ1) is 12.5. The van der Waals surface area contributed by atoms with Gasteiger partial charge in [0.2, 0.25) is 15.9 Å². The lowest BCUT2D eigenvalue weighted by Gasteiger charge is -2.35. The second-order valence-electron chi connectivity index (χ2n) is 7.18. The van der Waals surface area contributed by atoms with Gasteiger partial charge in [-0.25, -0.2) is 18.2 Å². The first-order valence-electron chi connectivity index (χ1n) is 9.01. The van der Waals surface area contributed by atoms with Crippen molar-refractivity contribution < 1.29 is 17.6 Å². The number of amides is 1. The van der Waals surface area contributed by atoms with Crippen molar-refractivity contribution >= 4 is 15.9 Å². The maximum absolute atomic E-state index is 13.9. The van der Waals surface area contributed by atoms with E-state index in [4.69, 9.17) is 0 Å². The second kappa shape index (κ2) is 6.88. The molecule has 0 radical (unpaired) electrons. The summed E-state index contributed by atoms with van der Waals surface area (Å²) in [5.74, 6) is -0.0787. The SMILES string of the molecule is O=C(C1CC(C2CC2)NN1)N1CCN(S(=O)(=O)c2ccccc2F)CC1. The molecule has 1 aromatic carbocycles. The lowest BCUT2D eigenvalue weighted by atomic mass is 10.1. The molecule has 2 saturated heterocycles. The Morgan fingerprint density at radius 2 is 1.77 bits per heavy atom. The highest BCUT2D eigenvalue weighted by Crippen LogP contribution is 2.35. The van der Waals surface area contributed by atoms with Gasteiger partial charge >= 0.3 is 0 Å². The van der Waals surface area contributed by atoms with Crippen LogP contribution in [0.4, 0.5) is 4.39 Å². The maximum Gasteiger partial charge on any atom is 0.246 e. The molecular weight excluding hydrogens is 359 g/mol. The molecule has 2 N–H and O–H groups in total. The van der Waals surface area contributed by atoms with Crippen LogP contribution < -0.4 is 10.9 Å². The van der Waals surface area contributed by atoms with Gasteiger partial charge in [0.05, 0.1) is 0 Å². The fourth-order valence-electron chi connectivity index (χ4n) is 3.71. The predicted molar refractivity (Wildman–Crippen MR) is 92.9 cm³/mol. The fourth-order valence-corrected chi connectivity index (χ4v) is 5.20. The Labute approximate surface area is 152 Å². The Bertz CT molecular complexity index is 791. The number of rotatable bonds is 4. The van der Waals surface area contributed by atoms with Gasteiger partial charge in [-0.2, -0.15) is 4.31 Å². The van der Waals surface area contributed by atoms with Crippen molar-refractivity contribution in [3.05, 3.63) is 30.1 Å². The summed E-state index contributed by atoms with van der Waals surface area (Å²) in [6, 6.07) is 5.48. The van der Waals surface area contributed by atoms with Crippen LogP contribution in [0.25, 0.3) is 0 Å². The maximum atomic E-state index is 13.9. The van der Waals surface area contributed by atoms with Crippen LogP contribution in [-0.2, 0) is 14.8 Å². The van der Waals surface area contributed by atoms with E-state index < -0.39 is 15.8 Å². The van der Waals surface area contributed by atoms with Crippen molar-refractivity contribution in [3.63, 3.8) is 0 Å². The highest BCUT2D eigenvalue weighted by Gasteiger charge is 2.41. The average Bonchev–Trinajstić information content (AvgIpc) is 3.38. The molecule has 2 heterocycles. The number of nitrogens with zero attached hydrogens (tertiary/aromatic N) is 2. The molecule has 1 aromatic rings. The van der Waals surface area contributed by atoms with Gasteiger partial charge in [-0.1, -0.05) is 12.1 Å². The number of halogens is 1. The van der Waals surface area contributed by atoms with Crippen molar-refractivity contribution in [2.24, 2.45) is 5.92 Å². The van der Waals surface area contributed by atoms with Crippen molar-refractivity contribution in [2.45, 2.75) is 36.2 Å². The number of piperazine rings is 1. The zero-order chi connectivity index (χ0) is 18.3. The largest absolute Gasteiger partial charge is 0.339 e. The molecule has 4 rings (SSSR count). The van der Waals surface area contributed by atoms with Crippen LogP contribution in [0.5, 0.6) is 0 Å². The van der Waals surface area contributed by atoms with Crippen LogP contribution in [0.15, 0.2) is 29.2 Å². The van der Waals surface area contributed by atoms with E-state index in [-0.39, 0.29) is 29.9 Å². The number of hydrogen-bond acceptors (Lipinski definition) is 5. The van der Waals surface area contributed by atoms with Crippen molar-refractivity contribution in [2.75, 3.05) is 26.2 Å². The third-order valence-electron chi connectivity index (χ3n) is 5.43. The van der Waals surface area contributed by atoms with Gasteiger partial charge in [0.15, 0.2) is 0 Å². The number of sulfonamides is 1. The Hall–Kier alpha value is -1.55. The van der Waals surface area contributed by atoms with Crippen LogP contribution in [0, 0.1) is 11.7 Å². The summed E-state index contributed by atoms with van der Waals surface area (Å²) in [5, 5.41) is 0. The molecule has 26 heavy (non-hydrogen) atoms. The summed E-state index contributed by atoms with van der Waals surface area (Å²) in [4.78, 5) is 14.0. The molecule has 2 atom stereocenters. The minimum Gasteiger partial charge on any atom is -0.339 e. The standard InChI is InChI=1S/C17H23FN4O3S/c18-13-3-1-2-4-16(13)26(24,25)22-9-7-21(8-10-22)17(23)15-11-14(19-20-15)12-5-6-12/h1-4,12,14-15,19-20H,5-11H2. The topological polar surface area (TPSA) is 81.8 Å². The molecule has 1 amide bonds. The van der Waals surface area contributed by atoms with Crippen molar-refractivity contribution in [1.82, 2.24) is 20.1 Å². The molecule has 2 aliphatic heterocycles. The van der Waals surface area contributed by atoms with Crippen molar-refractivity contribution in [1.29, 1.82) is 0 Å². The number of benzene rings is 1. The summed E-state index contributed by atoms with van der Waals surface area (Å²) in [7, 11) is -3.88. The number of hydrazine groups is 1. The van der Waals surface area contributed by atoms with Crippen LogP contribution in [0.2, 0.25) is 0 Å². The van der Waals surface area contributed by atoms with Gasteiger partial charge in [-0.05, 0) is 37.3 Å². The van der Waals surface area contributed by atoms with Crippen LogP contribution in [0.1, 0.15) is 19.3 Å². The smallest absolute Gasteiger partial charge is 0.246 e. The molecule has 3 aliphatic rings. The molecule has 142 valence electrons. The van der Waals surface area contributed by atoms with Gasteiger partial charge in [0.1, 0.15) is 16.8 Å². The van der Waals surface area contributed by atoms with E-state index in [1.807, 2.05) is 0 Å². The van der Waals surface area contributed by atoms with Gasteiger partial charge < -0.3 is 4.90 Å². The van der Waals surface area contributed by atoms with E-state index in [1.54, 1.807) is 4.90 Å². The van der Waals surface area contributed by atoms with E-state index in [2.05, 4.69) is 10.9 Å². The summed E-state index contributed by atoms with van der Waals surface area (Å²) in [6.45, 7) is 0.987. The molecule has 7 nitrogen and oxygen atoms in total. The highest BCUT2D eigenvalue weighted by atomic mass is 32.2. The molecule has 0 spiro atoms. The van der Waals surface area contributed by atoms with E-state index in [0.717, 1.165) is 12.5 Å². The van der Waals surface area contributed by atoms with E-state index in [1.165, 1.54) is 35.3 Å². The minimum absolute atomic E-state index is 0.00332. The van der Waals surface area contributed by atoms with E-state index >= 15 is 0 Å². The van der Waals surface area contributed by atoms with Crippen LogP contribution >= 0.6 is 0 Å². The van der Waals surface area contributed by atoms with E-state index in [9.17, 15) is 17.6 Å². The molecule has 1 saturated carbocycles. The first-order valence-corrected chi connectivity index (χ1v) is 10.5. The second-order valence-corrected chi connectivity index (χ2v) is 9.09. The zero-order valence-electron chi connectivity index (χ0n) is 14.4. The van der Waals surface area contributed by atoms with Gasteiger partial charge in [0, 0.05) is 32.2 Å². The molecule has 1 aliphatic carbocycles. The summed E-state index contributed by atoms with van der Waals surface area (Å²) < 4.78 is 40.4. The number of nitrogens with one attached hydrogen (secondary N) is 2. The lowest BCUT2D eigenvalue weighted by molar-refractivity contribution is -0.134. The normalized spacial score (nSPS) is 27.7. The highest BCUT2D eigenvalue weighted by molar-refractivity contribution is 7.89. The molecule has 3 fully saturated rings. The minimum atomic E-state index is -3.88. The number of carbonyl (C=O) groups excluding carboxylic acids is 1. The van der Waals surface area contributed by atoms with Crippen LogP contribution in [-0.4, -0.2) is 61.8 Å². The van der Waals surface area contributed by atoms with E-state index in [0.29, 0.717) is 25.0 Å². The van der Waals surface area contributed by atoms with Crippen molar-refractivity contribution in [3.8, 4) is 0 Å². The monoisotopic (exact) mass is 382 g/mol. The third-order valence-corrected chi connectivity index (χ3v) is 7.36. The lowest BCUT2D eigenvalue weighted by Crippen LogP contribution is -2.54. The summed E-state index contributed by atoms with van der Waals surface area (Å²) >= 11 is 0. The summed E-state index contributed by atoms with van der Waals surface area (Å²) in [5.41, 5.74) is 6.28. The zero-order valence-corrected chi connectivity index (χ0v) is 15.2. The molecular formula is C17H23FN4O3S. The number of hydrogen-bond donors (Lipinski definition) is 2. The Morgan fingerprint density at radius 1 is 1.08 bits per heavy atom. The molecule has 9 heteroatoms.